The molecule has 2 aromatic heterocycles. The molecule has 0 fully saturated rings. The number of fused-ring (bicyclic) bond motifs is 3. The Kier molecular flexibility index (Phi) is 4.73. The molecule has 0 aliphatic carbocycles. The monoisotopic (exact) mass is 508 g/mol. The van der Waals surface area contributed by atoms with Crippen molar-refractivity contribution in [1.29, 1.82) is 0 Å². The number of rotatable bonds is 4. The lowest BCUT2D eigenvalue weighted by atomic mass is 9.95. The number of aryl methyl sites for hydroxylation is 1. The highest BCUT2D eigenvalue weighted by Crippen LogP contribution is 2.44. The van der Waals surface area contributed by atoms with E-state index in [2.05, 4.69) is 75.9 Å². The highest BCUT2D eigenvalue weighted by atomic mass is 28.3. The van der Waals surface area contributed by atoms with Crippen molar-refractivity contribution in [2.24, 2.45) is 7.05 Å². The second-order valence-corrected chi connectivity index (χ2v) is 16.1. The van der Waals surface area contributed by atoms with Gasteiger partial charge in [0.25, 0.3) is 0 Å². The molecule has 3 nitrogen and oxygen atoms in total. The van der Waals surface area contributed by atoms with Crippen LogP contribution < -0.4 is 9.75 Å². The van der Waals surface area contributed by atoms with Crippen LogP contribution in [0.3, 0.4) is 0 Å². The van der Waals surface area contributed by atoms with E-state index >= 15 is 0 Å². The van der Waals surface area contributed by atoms with Crippen LogP contribution in [-0.2, 0) is 7.05 Å². The van der Waals surface area contributed by atoms with E-state index in [9.17, 15) is 0 Å². The van der Waals surface area contributed by atoms with Gasteiger partial charge in [-0.05, 0) is 29.5 Å². The quantitative estimate of drug-likeness (QED) is 0.135. The first-order valence-electron chi connectivity index (χ1n) is 15.1. The van der Waals surface area contributed by atoms with Crippen molar-refractivity contribution in [3.8, 4) is 22.4 Å². The fourth-order valence-electron chi connectivity index (χ4n) is 5.56. The van der Waals surface area contributed by atoms with Crippen LogP contribution in [0.25, 0.3) is 49.2 Å². The first-order chi connectivity index (χ1) is 19.6. The van der Waals surface area contributed by atoms with Crippen LogP contribution in [0.1, 0.15) is 43.4 Å². The van der Waals surface area contributed by atoms with Crippen LogP contribution in [0.5, 0.6) is 0 Å². The third-order valence-electron chi connectivity index (χ3n) is 7.30. The number of hydrogen-bond acceptors (Lipinski definition) is 1. The van der Waals surface area contributed by atoms with Gasteiger partial charge in [-0.3, -0.25) is 0 Å². The summed E-state index contributed by atoms with van der Waals surface area (Å²) in [6.45, 7) is 23.7. The summed E-state index contributed by atoms with van der Waals surface area (Å²) in [7, 11) is 0.426. The lowest BCUT2D eigenvalue weighted by Gasteiger charge is -2.24. The molecule has 0 spiro atoms. The molecule has 0 saturated carbocycles. The van der Waals surface area contributed by atoms with E-state index in [1.165, 1.54) is 16.4 Å². The maximum absolute atomic E-state index is 8.63. The number of benzene rings is 3. The van der Waals surface area contributed by atoms with Crippen LogP contribution in [0.4, 0.5) is 5.69 Å². The van der Waals surface area contributed by atoms with Gasteiger partial charge in [-0.15, -0.1) is 0 Å². The molecule has 37 heavy (non-hydrogen) atoms. The Balaban J connectivity index is 1.95. The van der Waals surface area contributed by atoms with Gasteiger partial charge in [0.05, 0.1) is 27.1 Å². The number of pyridine rings is 1. The fraction of sp³-hybridized carbons (Fsp3) is 0.273. The third-order valence-corrected chi connectivity index (χ3v) is 9.45. The lowest BCUT2D eigenvalue weighted by molar-refractivity contribution is -0.665. The van der Waals surface area contributed by atoms with Crippen molar-refractivity contribution >= 4 is 40.9 Å². The maximum Gasteiger partial charge on any atom is 0.216 e. The van der Waals surface area contributed by atoms with Gasteiger partial charge in [0.1, 0.15) is 18.2 Å². The van der Waals surface area contributed by atoms with Gasteiger partial charge < -0.3 is 4.42 Å². The largest absolute Gasteiger partial charge is 0.456 e. The topological polar surface area (TPSA) is 21.4 Å². The smallest absolute Gasteiger partial charge is 0.216 e. The molecule has 0 atom stereocenters. The minimum absolute atomic E-state index is 0.0297. The first-order valence-corrected chi connectivity index (χ1v) is 16.1. The summed E-state index contributed by atoms with van der Waals surface area (Å²) >= 11 is 0. The zero-order valence-electron chi connectivity index (χ0n) is 27.8. The normalized spacial score (nSPS) is 13.9. The molecular formula is C33H35N2OSi+. The number of furan rings is 1. The first kappa shape index (κ1) is 19.4. The Bertz CT molecular complexity index is 1970. The Morgan fingerprint density at radius 2 is 1.57 bits per heavy atom. The van der Waals surface area contributed by atoms with Crippen molar-refractivity contribution in [2.75, 3.05) is 0 Å². The number of hydrogen-bond donors (Lipinski definition) is 0. The summed E-state index contributed by atoms with van der Waals surface area (Å²) in [5.74, 6) is 0.331. The summed E-state index contributed by atoms with van der Waals surface area (Å²) in [5, 5.41) is 3.03. The van der Waals surface area contributed by atoms with Crippen molar-refractivity contribution in [2.45, 2.75) is 53.3 Å². The minimum Gasteiger partial charge on any atom is -0.456 e. The van der Waals surface area contributed by atoms with E-state index in [0.717, 1.165) is 27.6 Å². The Labute approximate surface area is 228 Å². The Morgan fingerprint density at radius 3 is 2.16 bits per heavy atom. The van der Waals surface area contributed by atoms with Crippen molar-refractivity contribution in [3.05, 3.63) is 88.8 Å². The summed E-state index contributed by atoms with van der Waals surface area (Å²) in [5.41, 5.74) is 6.90. The van der Waals surface area contributed by atoms with E-state index in [1.807, 2.05) is 12.1 Å². The predicted octanol–water partition coefficient (Wildman–Crippen LogP) is 8.58. The SMILES string of the molecule is [2H]c1c([2H])c([2H])c(-c2c([N+]#[C-])ccc3c2oc2c(-c4cc(C(C)C)c([Si](C)(C)C)c(C)[n+]4C)c(C)ccc23)c([2H])c1[2H]. The van der Waals surface area contributed by atoms with Crippen molar-refractivity contribution < 1.29 is 15.8 Å². The maximum atomic E-state index is 8.63. The minimum atomic E-state index is -1.67. The van der Waals surface area contributed by atoms with E-state index in [1.54, 1.807) is 6.07 Å². The number of nitrogens with zero attached hydrogens (tertiary/aromatic N) is 2. The van der Waals surface area contributed by atoms with Crippen LogP contribution >= 0.6 is 0 Å². The highest BCUT2D eigenvalue weighted by molar-refractivity contribution is 6.89. The molecule has 0 amide bonds. The molecule has 2 heterocycles. The highest BCUT2D eigenvalue weighted by Gasteiger charge is 2.32. The molecule has 3 aromatic carbocycles. The molecule has 5 aromatic rings. The summed E-state index contributed by atoms with van der Waals surface area (Å²) in [6.07, 6.45) is 0. The molecule has 0 bridgehead atoms. The van der Waals surface area contributed by atoms with E-state index in [4.69, 9.17) is 17.8 Å². The molecule has 5 rings (SSSR count). The van der Waals surface area contributed by atoms with Gasteiger partial charge in [-0.2, -0.15) is 4.57 Å². The van der Waals surface area contributed by atoms with Crippen molar-refractivity contribution in [3.63, 3.8) is 0 Å². The third kappa shape index (κ3) is 3.99. The second-order valence-electron chi connectivity index (χ2n) is 11.1. The van der Waals surface area contributed by atoms with Gasteiger partial charge in [0.2, 0.25) is 5.69 Å². The Morgan fingerprint density at radius 1 is 0.946 bits per heavy atom. The second kappa shape index (κ2) is 9.01. The summed E-state index contributed by atoms with van der Waals surface area (Å²) in [6, 6.07) is 7.73. The number of aromatic nitrogens is 1. The Hall–Kier alpha value is -3.68. The predicted molar refractivity (Wildman–Crippen MR) is 159 cm³/mol. The average molecular weight is 509 g/mol. The molecular weight excluding hydrogens is 468 g/mol. The van der Waals surface area contributed by atoms with Crippen LogP contribution in [0, 0.1) is 20.4 Å². The lowest BCUT2D eigenvalue weighted by Crippen LogP contribution is -2.51. The van der Waals surface area contributed by atoms with E-state index < -0.39 is 26.2 Å². The van der Waals surface area contributed by atoms with E-state index in [0.29, 0.717) is 17.1 Å². The van der Waals surface area contributed by atoms with Gasteiger partial charge in [-0.25, -0.2) is 4.85 Å². The standard InChI is InChI=1S/C33H35N2OSi/c1-20(2)26-19-28(35(6)22(4)33(26)37(7,8)9)29-21(3)15-16-24-25-17-18-27(34-5)30(32(25)36-31(24)29)23-13-11-10-12-14-23/h10-20H,1-4,6-9H3/q+1/i10D,11D,12D,13D,14D. The molecule has 0 aliphatic heterocycles. The molecule has 0 unspecified atom stereocenters. The summed E-state index contributed by atoms with van der Waals surface area (Å²) in [4.78, 5) is 3.67. The zero-order chi connectivity index (χ0) is 31.0. The van der Waals surface area contributed by atoms with Gasteiger partial charge in [0, 0.05) is 34.5 Å². The average Bonchev–Trinajstić information content (AvgIpc) is 3.30. The van der Waals surface area contributed by atoms with Crippen LogP contribution in [-0.4, -0.2) is 8.07 Å². The van der Waals surface area contributed by atoms with Gasteiger partial charge >= 0.3 is 0 Å². The van der Waals surface area contributed by atoms with Gasteiger partial charge in [0.15, 0.2) is 11.4 Å². The van der Waals surface area contributed by atoms with Crippen LogP contribution in [0.2, 0.25) is 19.6 Å². The molecule has 186 valence electrons. The molecule has 0 saturated heterocycles. The van der Waals surface area contributed by atoms with Crippen LogP contribution in [0.15, 0.2) is 65.0 Å². The molecule has 4 heteroatoms. The van der Waals surface area contributed by atoms with Crippen molar-refractivity contribution in [1.82, 2.24) is 0 Å². The summed E-state index contributed by atoms with van der Waals surface area (Å²) < 4.78 is 50.7. The van der Waals surface area contributed by atoms with E-state index in [-0.39, 0.29) is 28.9 Å². The fourth-order valence-corrected chi connectivity index (χ4v) is 8.04. The molecule has 0 radical (unpaired) electrons. The molecule has 0 N–H and O–H groups in total. The molecule has 0 aliphatic rings. The van der Waals surface area contributed by atoms with Gasteiger partial charge in [-0.1, -0.05) is 88.0 Å². The zero-order valence-corrected chi connectivity index (χ0v) is 23.8.